The third-order valence-corrected chi connectivity index (χ3v) is 2.41. The summed E-state index contributed by atoms with van der Waals surface area (Å²) in [6, 6.07) is 4.19. The van der Waals surface area contributed by atoms with E-state index in [-0.39, 0.29) is 18.1 Å². The van der Waals surface area contributed by atoms with Crippen molar-refractivity contribution in [1.82, 2.24) is 5.32 Å². The Kier molecular flexibility index (Phi) is 4.09. The number of aromatic hydroxyl groups is 1. The number of hydrogen-bond donors (Lipinski definition) is 3. The molecule has 0 saturated carbocycles. The van der Waals surface area contributed by atoms with Gasteiger partial charge in [0.15, 0.2) is 0 Å². The highest BCUT2D eigenvalue weighted by Gasteiger charge is 2.15. The first kappa shape index (κ1) is 13.0. The molecule has 0 aromatic heterocycles. The quantitative estimate of drug-likeness (QED) is 0.736. The fraction of sp³-hybridized carbons (Fsp3) is 0.333. The molecule has 0 spiro atoms. The highest BCUT2D eigenvalue weighted by Crippen LogP contribution is 2.19. The average Bonchev–Trinajstić information content (AvgIpc) is 2.20. The van der Waals surface area contributed by atoms with E-state index in [0.717, 1.165) is 0 Å². The van der Waals surface area contributed by atoms with Crippen LogP contribution in [0.1, 0.15) is 29.3 Å². The van der Waals surface area contributed by atoms with Gasteiger partial charge in [-0.05, 0) is 26.0 Å². The van der Waals surface area contributed by atoms with E-state index in [1.54, 1.807) is 26.0 Å². The first-order valence-electron chi connectivity index (χ1n) is 5.23. The standard InChI is InChI=1S/C12H15NO4/c1-7(6-11(15)16)13-12(17)9-4-3-5-10(14)8(9)2/h3-5,7,14H,6H2,1-2H3,(H,13,17)(H,15,16). The maximum Gasteiger partial charge on any atom is 0.305 e. The highest BCUT2D eigenvalue weighted by atomic mass is 16.4. The van der Waals surface area contributed by atoms with Gasteiger partial charge in [0.05, 0.1) is 6.42 Å². The van der Waals surface area contributed by atoms with Crippen LogP contribution < -0.4 is 5.32 Å². The summed E-state index contributed by atoms with van der Waals surface area (Å²) in [5, 5.41) is 20.6. The summed E-state index contributed by atoms with van der Waals surface area (Å²) in [4.78, 5) is 22.3. The lowest BCUT2D eigenvalue weighted by atomic mass is 10.1. The zero-order valence-electron chi connectivity index (χ0n) is 9.73. The molecular formula is C12H15NO4. The van der Waals surface area contributed by atoms with Crippen LogP contribution in [0.15, 0.2) is 18.2 Å². The topological polar surface area (TPSA) is 86.6 Å². The third-order valence-electron chi connectivity index (χ3n) is 2.41. The zero-order chi connectivity index (χ0) is 13.0. The fourth-order valence-electron chi connectivity index (χ4n) is 1.48. The molecule has 0 aliphatic heterocycles. The summed E-state index contributed by atoms with van der Waals surface area (Å²) in [7, 11) is 0. The van der Waals surface area contributed by atoms with Gasteiger partial charge in [-0.25, -0.2) is 0 Å². The number of carboxylic acids is 1. The lowest BCUT2D eigenvalue weighted by Gasteiger charge is -2.13. The van der Waals surface area contributed by atoms with Crippen LogP contribution in [0, 0.1) is 6.92 Å². The molecule has 1 unspecified atom stereocenters. The van der Waals surface area contributed by atoms with Crippen molar-refractivity contribution in [3.8, 4) is 5.75 Å². The molecule has 0 aliphatic carbocycles. The molecule has 5 nitrogen and oxygen atoms in total. The summed E-state index contributed by atoms with van der Waals surface area (Å²) in [5.41, 5.74) is 0.828. The Morgan fingerprint density at radius 3 is 2.65 bits per heavy atom. The molecule has 1 aromatic carbocycles. The molecule has 1 aromatic rings. The van der Waals surface area contributed by atoms with Gasteiger partial charge in [0, 0.05) is 17.2 Å². The molecule has 0 bridgehead atoms. The molecule has 0 saturated heterocycles. The van der Waals surface area contributed by atoms with Crippen molar-refractivity contribution < 1.29 is 19.8 Å². The smallest absolute Gasteiger partial charge is 0.305 e. The van der Waals surface area contributed by atoms with Crippen LogP contribution in [-0.2, 0) is 4.79 Å². The number of rotatable bonds is 4. The van der Waals surface area contributed by atoms with E-state index in [4.69, 9.17) is 5.11 Å². The van der Waals surface area contributed by atoms with Gasteiger partial charge in [-0.2, -0.15) is 0 Å². The predicted octanol–water partition coefficient (Wildman–Crippen LogP) is 1.29. The van der Waals surface area contributed by atoms with Crippen molar-refractivity contribution in [3.63, 3.8) is 0 Å². The normalized spacial score (nSPS) is 11.9. The number of phenols is 1. The Hall–Kier alpha value is -2.04. The summed E-state index contributed by atoms with van der Waals surface area (Å²) >= 11 is 0. The van der Waals surface area contributed by atoms with E-state index < -0.39 is 12.0 Å². The van der Waals surface area contributed by atoms with Gasteiger partial charge in [-0.3, -0.25) is 9.59 Å². The number of benzene rings is 1. The van der Waals surface area contributed by atoms with Crippen molar-refractivity contribution in [2.45, 2.75) is 26.3 Å². The summed E-state index contributed by atoms with van der Waals surface area (Å²) in [6.45, 7) is 3.25. The number of aliphatic carboxylic acids is 1. The van der Waals surface area contributed by atoms with Crippen molar-refractivity contribution >= 4 is 11.9 Å². The molecule has 0 radical (unpaired) electrons. The van der Waals surface area contributed by atoms with Crippen molar-refractivity contribution in [1.29, 1.82) is 0 Å². The Morgan fingerprint density at radius 1 is 1.41 bits per heavy atom. The number of hydrogen-bond acceptors (Lipinski definition) is 3. The zero-order valence-corrected chi connectivity index (χ0v) is 9.73. The number of phenolic OH excluding ortho intramolecular Hbond substituents is 1. The molecule has 1 amide bonds. The van der Waals surface area contributed by atoms with Crippen LogP contribution in [0.25, 0.3) is 0 Å². The summed E-state index contributed by atoms with van der Waals surface area (Å²) in [6.07, 6.45) is -0.135. The molecule has 5 heteroatoms. The minimum absolute atomic E-state index is 0.0449. The van der Waals surface area contributed by atoms with Gasteiger partial charge in [0.25, 0.3) is 5.91 Å². The molecular weight excluding hydrogens is 222 g/mol. The Morgan fingerprint density at radius 2 is 2.06 bits per heavy atom. The average molecular weight is 237 g/mol. The van der Waals surface area contributed by atoms with Crippen molar-refractivity contribution in [2.24, 2.45) is 0 Å². The summed E-state index contributed by atoms with van der Waals surface area (Å²) < 4.78 is 0. The molecule has 92 valence electrons. The minimum atomic E-state index is -0.967. The first-order valence-corrected chi connectivity index (χ1v) is 5.23. The number of carbonyl (C=O) groups excluding carboxylic acids is 1. The van der Waals surface area contributed by atoms with Crippen LogP contribution in [0.2, 0.25) is 0 Å². The van der Waals surface area contributed by atoms with Gasteiger partial charge in [0.1, 0.15) is 5.75 Å². The van der Waals surface area contributed by atoms with Crippen LogP contribution >= 0.6 is 0 Å². The van der Waals surface area contributed by atoms with E-state index in [1.165, 1.54) is 6.07 Å². The highest BCUT2D eigenvalue weighted by molar-refractivity contribution is 5.96. The van der Waals surface area contributed by atoms with Crippen LogP contribution in [0.3, 0.4) is 0 Å². The number of carbonyl (C=O) groups is 2. The lowest BCUT2D eigenvalue weighted by molar-refractivity contribution is -0.137. The monoisotopic (exact) mass is 237 g/mol. The molecule has 1 atom stereocenters. The second-order valence-electron chi connectivity index (χ2n) is 3.92. The lowest BCUT2D eigenvalue weighted by Crippen LogP contribution is -2.34. The molecule has 0 heterocycles. The first-order chi connectivity index (χ1) is 7.91. The second kappa shape index (κ2) is 5.34. The second-order valence-corrected chi connectivity index (χ2v) is 3.92. The Balaban J connectivity index is 2.77. The predicted molar refractivity (Wildman–Crippen MR) is 62.0 cm³/mol. The van der Waals surface area contributed by atoms with Gasteiger partial charge < -0.3 is 15.5 Å². The molecule has 1 rings (SSSR count). The number of nitrogens with one attached hydrogen (secondary N) is 1. The van der Waals surface area contributed by atoms with E-state index in [1.807, 2.05) is 0 Å². The molecule has 17 heavy (non-hydrogen) atoms. The third kappa shape index (κ3) is 3.48. The maximum atomic E-state index is 11.8. The van der Waals surface area contributed by atoms with Crippen LogP contribution in [0.5, 0.6) is 5.75 Å². The maximum absolute atomic E-state index is 11.8. The molecule has 3 N–H and O–H groups in total. The number of carboxylic acid groups (broad SMARTS) is 1. The molecule has 0 aliphatic rings. The van der Waals surface area contributed by atoms with E-state index in [9.17, 15) is 14.7 Å². The van der Waals surface area contributed by atoms with Crippen LogP contribution in [-0.4, -0.2) is 28.1 Å². The number of amides is 1. The molecule has 0 fully saturated rings. The van der Waals surface area contributed by atoms with Gasteiger partial charge in [0.2, 0.25) is 0 Å². The van der Waals surface area contributed by atoms with Gasteiger partial charge >= 0.3 is 5.97 Å². The largest absolute Gasteiger partial charge is 0.508 e. The Bertz CT molecular complexity index is 442. The van der Waals surface area contributed by atoms with E-state index in [0.29, 0.717) is 11.1 Å². The summed E-state index contributed by atoms with van der Waals surface area (Å²) in [5.74, 6) is -1.30. The minimum Gasteiger partial charge on any atom is -0.508 e. The van der Waals surface area contributed by atoms with Crippen molar-refractivity contribution in [2.75, 3.05) is 0 Å². The van der Waals surface area contributed by atoms with Gasteiger partial charge in [-0.1, -0.05) is 6.07 Å². The fourth-order valence-corrected chi connectivity index (χ4v) is 1.48. The SMILES string of the molecule is Cc1c(O)cccc1C(=O)NC(C)CC(=O)O. The van der Waals surface area contributed by atoms with E-state index in [2.05, 4.69) is 5.32 Å². The van der Waals surface area contributed by atoms with Crippen molar-refractivity contribution in [3.05, 3.63) is 29.3 Å². The van der Waals surface area contributed by atoms with Crippen LogP contribution in [0.4, 0.5) is 0 Å². The van der Waals surface area contributed by atoms with Gasteiger partial charge in [-0.15, -0.1) is 0 Å². The Labute approximate surface area is 99.1 Å². The van der Waals surface area contributed by atoms with E-state index >= 15 is 0 Å².